The second kappa shape index (κ2) is 12.2. The molecule has 4 heteroatoms. The van der Waals surface area contributed by atoms with Crippen LogP contribution in [0, 0.1) is 30.2 Å². The van der Waals surface area contributed by atoms with Crippen LogP contribution < -0.4 is 0 Å². The summed E-state index contributed by atoms with van der Waals surface area (Å²) in [5.74, 6) is 5.02. The van der Waals surface area contributed by atoms with E-state index in [1.807, 2.05) is 66.7 Å². The summed E-state index contributed by atoms with van der Waals surface area (Å²) in [4.78, 5) is 18.9. The molecule has 12 rings (SSSR count). The molecule has 0 radical (unpaired) electrons. The Balaban J connectivity index is 0.999. The average molecular weight is 695 g/mol. The van der Waals surface area contributed by atoms with Crippen molar-refractivity contribution in [2.75, 3.05) is 0 Å². The van der Waals surface area contributed by atoms with Gasteiger partial charge in [0.2, 0.25) is 0 Å². The highest BCUT2D eigenvalue weighted by Gasteiger charge is 2.61. The zero-order chi connectivity index (χ0) is 35.8. The molecule has 1 aromatic heterocycles. The van der Waals surface area contributed by atoms with Gasteiger partial charge in [0.15, 0.2) is 23.2 Å². The maximum absolute atomic E-state index is 8.12. The van der Waals surface area contributed by atoms with Gasteiger partial charge in [0.25, 0.3) is 0 Å². The van der Waals surface area contributed by atoms with Gasteiger partial charge in [-0.15, -0.1) is 0 Å². The third-order valence-corrected chi connectivity index (χ3v) is 13.1. The Kier molecular flexibility index (Phi) is 7.07. The minimum absolute atomic E-state index is 0.0164. The summed E-state index contributed by atoms with van der Waals surface area (Å²) in [7, 11) is 0. The molecular formula is C50H38N4. The molecule has 0 saturated heterocycles. The van der Waals surface area contributed by atoms with Crippen LogP contribution in [0.5, 0.6) is 0 Å². The zero-order valence-electron chi connectivity index (χ0n) is 30.0. The molecule has 4 saturated carbocycles. The van der Waals surface area contributed by atoms with E-state index in [0.29, 0.717) is 29.3 Å². The monoisotopic (exact) mass is 694 g/mol. The Morgan fingerprint density at radius 2 is 0.926 bits per heavy atom. The van der Waals surface area contributed by atoms with Gasteiger partial charge in [0.1, 0.15) is 0 Å². The van der Waals surface area contributed by atoms with Crippen molar-refractivity contribution in [2.45, 2.75) is 37.5 Å². The van der Waals surface area contributed by atoms with E-state index in [1.165, 1.54) is 65.5 Å². The SMILES string of the molecule is [C-]#[N+]c1cccc2c1-c1ccc(-c3cccc(-c4cccc(-c5nc(-c6ccccc6)nc(-c6ccccc6)n5)c4)c3)cc1C21C2CC3CC(C2)CC1C3. The van der Waals surface area contributed by atoms with Crippen LogP contribution in [0.15, 0.2) is 146 Å². The van der Waals surface area contributed by atoms with E-state index in [9.17, 15) is 0 Å². The molecule has 4 bridgehead atoms. The van der Waals surface area contributed by atoms with E-state index in [2.05, 4.69) is 83.7 Å². The lowest BCUT2D eigenvalue weighted by atomic mass is 9.43. The zero-order valence-corrected chi connectivity index (χ0v) is 30.0. The molecule has 258 valence electrons. The van der Waals surface area contributed by atoms with Crippen molar-refractivity contribution in [1.82, 2.24) is 15.0 Å². The van der Waals surface area contributed by atoms with Crippen molar-refractivity contribution in [3.63, 3.8) is 0 Å². The first-order valence-corrected chi connectivity index (χ1v) is 19.4. The topological polar surface area (TPSA) is 43.0 Å². The molecule has 0 amide bonds. The average Bonchev–Trinajstić information content (AvgIpc) is 3.53. The van der Waals surface area contributed by atoms with Crippen LogP contribution in [0.2, 0.25) is 0 Å². The van der Waals surface area contributed by atoms with Gasteiger partial charge in [-0.3, -0.25) is 0 Å². The highest BCUT2D eigenvalue weighted by atomic mass is 15.0. The Morgan fingerprint density at radius 3 is 1.50 bits per heavy atom. The number of aromatic nitrogens is 3. The Labute approximate surface area is 316 Å². The number of hydrogen-bond acceptors (Lipinski definition) is 3. The van der Waals surface area contributed by atoms with Gasteiger partial charge in [-0.2, -0.15) is 0 Å². The second-order valence-corrected chi connectivity index (χ2v) is 15.9. The first-order valence-electron chi connectivity index (χ1n) is 19.4. The Hall–Kier alpha value is -6.18. The van der Waals surface area contributed by atoms with Crippen molar-refractivity contribution < 1.29 is 0 Å². The summed E-state index contributed by atoms with van der Waals surface area (Å²) >= 11 is 0. The molecule has 1 spiro atoms. The predicted molar refractivity (Wildman–Crippen MR) is 217 cm³/mol. The van der Waals surface area contributed by atoms with Gasteiger partial charge in [-0.25, -0.2) is 19.8 Å². The molecule has 7 aromatic rings. The summed E-state index contributed by atoms with van der Waals surface area (Å²) in [6.07, 6.45) is 6.72. The lowest BCUT2D eigenvalue weighted by Crippen LogP contribution is -2.55. The van der Waals surface area contributed by atoms with Crippen molar-refractivity contribution in [2.24, 2.45) is 23.7 Å². The summed E-state index contributed by atoms with van der Waals surface area (Å²) in [5, 5.41) is 0. The normalized spacial score (nSPS) is 22.9. The third-order valence-electron chi connectivity index (χ3n) is 13.1. The van der Waals surface area contributed by atoms with Crippen LogP contribution >= 0.6 is 0 Å². The molecule has 0 N–H and O–H groups in total. The third kappa shape index (κ3) is 4.78. The number of benzene rings is 6. The van der Waals surface area contributed by atoms with Crippen molar-refractivity contribution in [3.8, 4) is 67.5 Å². The Bertz CT molecular complexity index is 2550. The first kappa shape index (κ1) is 31.4. The molecule has 6 aromatic carbocycles. The van der Waals surface area contributed by atoms with Gasteiger partial charge in [-0.1, -0.05) is 127 Å². The highest BCUT2D eigenvalue weighted by Crippen LogP contribution is 2.70. The van der Waals surface area contributed by atoms with Crippen LogP contribution in [-0.2, 0) is 5.41 Å². The molecule has 5 aliphatic carbocycles. The number of rotatable bonds is 5. The van der Waals surface area contributed by atoms with Crippen LogP contribution in [0.3, 0.4) is 0 Å². The minimum atomic E-state index is 0.0164. The van der Waals surface area contributed by atoms with Crippen molar-refractivity contribution in [3.05, 3.63) is 168 Å². The summed E-state index contributed by atoms with van der Waals surface area (Å²) in [6, 6.07) is 51.5. The number of fused-ring (bicyclic) bond motifs is 3. The van der Waals surface area contributed by atoms with Crippen LogP contribution in [0.4, 0.5) is 5.69 Å². The molecule has 0 atom stereocenters. The van der Waals surface area contributed by atoms with Crippen LogP contribution in [-0.4, -0.2) is 15.0 Å². The van der Waals surface area contributed by atoms with Gasteiger partial charge in [-0.05, 0) is 118 Å². The summed E-state index contributed by atoms with van der Waals surface area (Å²) < 4.78 is 0. The molecule has 5 aliphatic rings. The standard InChI is InChI=1S/C50H38N4/c1-51-45-20-10-19-43-46(45)42-22-21-38(30-44(42)50(43)40-24-31-23-32(26-40)27-41(50)25-31)36-16-8-15-35(28-36)37-17-9-18-39(29-37)49-53-47(33-11-4-2-5-12-33)52-48(54-49)34-13-6-3-7-14-34/h2-22,28-32,40-41H,23-27H2. The lowest BCUT2D eigenvalue weighted by molar-refractivity contribution is -0.0399. The van der Waals surface area contributed by atoms with E-state index in [0.717, 1.165) is 45.3 Å². The molecule has 54 heavy (non-hydrogen) atoms. The van der Waals surface area contributed by atoms with Crippen molar-refractivity contribution >= 4 is 5.69 Å². The quantitative estimate of drug-likeness (QED) is 0.168. The van der Waals surface area contributed by atoms with Gasteiger partial charge in [0.05, 0.1) is 6.57 Å². The fourth-order valence-corrected chi connectivity index (χ4v) is 11.2. The lowest BCUT2D eigenvalue weighted by Gasteiger charge is -2.61. The van der Waals surface area contributed by atoms with Gasteiger partial charge in [0, 0.05) is 22.1 Å². The molecule has 4 nitrogen and oxygen atoms in total. The van der Waals surface area contributed by atoms with Gasteiger partial charge < -0.3 is 0 Å². The van der Waals surface area contributed by atoms with E-state index in [-0.39, 0.29) is 5.41 Å². The number of hydrogen-bond donors (Lipinski definition) is 0. The van der Waals surface area contributed by atoms with Gasteiger partial charge >= 0.3 is 0 Å². The maximum Gasteiger partial charge on any atom is 0.195 e. The minimum Gasteiger partial charge on any atom is -0.238 e. The molecule has 0 unspecified atom stereocenters. The summed E-state index contributed by atoms with van der Waals surface area (Å²) in [5.41, 5.74) is 13.8. The van der Waals surface area contributed by atoms with E-state index < -0.39 is 0 Å². The predicted octanol–water partition coefficient (Wildman–Crippen LogP) is 12.5. The smallest absolute Gasteiger partial charge is 0.195 e. The highest BCUT2D eigenvalue weighted by molar-refractivity contribution is 5.92. The molecule has 0 aliphatic heterocycles. The largest absolute Gasteiger partial charge is 0.238 e. The van der Waals surface area contributed by atoms with E-state index >= 15 is 0 Å². The molecular weight excluding hydrogens is 657 g/mol. The fraction of sp³-hybridized carbons (Fsp3) is 0.200. The molecule has 4 fully saturated rings. The first-order chi connectivity index (χ1) is 26.7. The van der Waals surface area contributed by atoms with Crippen molar-refractivity contribution in [1.29, 1.82) is 0 Å². The fourth-order valence-electron chi connectivity index (χ4n) is 11.2. The second-order valence-electron chi connectivity index (χ2n) is 15.9. The molecule has 1 heterocycles. The van der Waals surface area contributed by atoms with E-state index in [4.69, 9.17) is 21.5 Å². The maximum atomic E-state index is 8.12. The Morgan fingerprint density at radius 1 is 0.444 bits per heavy atom. The summed E-state index contributed by atoms with van der Waals surface area (Å²) in [6.45, 7) is 8.12. The van der Waals surface area contributed by atoms with Crippen LogP contribution in [0.1, 0.15) is 43.2 Å². The number of nitrogens with zero attached hydrogens (tertiary/aromatic N) is 4. The van der Waals surface area contributed by atoms with Crippen LogP contribution in [0.25, 0.3) is 72.4 Å². The van der Waals surface area contributed by atoms with E-state index in [1.54, 1.807) is 0 Å².